The topological polar surface area (TPSA) is 66.4 Å². The summed E-state index contributed by atoms with van der Waals surface area (Å²) in [5.41, 5.74) is -0.865. The van der Waals surface area contributed by atoms with Crippen LogP contribution in [0.5, 0.6) is 0 Å². The van der Waals surface area contributed by atoms with E-state index >= 15 is 0 Å². The van der Waals surface area contributed by atoms with Gasteiger partial charge < -0.3 is 10.4 Å². The Kier molecular flexibility index (Phi) is 3.84. The second-order valence-corrected chi connectivity index (χ2v) is 6.37. The van der Waals surface area contributed by atoms with Gasteiger partial charge in [-0.1, -0.05) is 20.3 Å². The summed E-state index contributed by atoms with van der Waals surface area (Å²) in [7, 11) is 0. The highest BCUT2D eigenvalue weighted by Crippen LogP contribution is 2.37. The number of amides is 1. The van der Waals surface area contributed by atoms with Gasteiger partial charge in [0.2, 0.25) is 5.91 Å². The molecule has 1 saturated carbocycles. The van der Waals surface area contributed by atoms with Crippen LogP contribution in [0, 0.1) is 10.8 Å². The molecular weight excluding hydrogens is 218 g/mol. The van der Waals surface area contributed by atoms with Crippen LogP contribution >= 0.6 is 0 Å². The van der Waals surface area contributed by atoms with Gasteiger partial charge in [-0.2, -0.15) is 0 Å². The fourth-order valence-corrected chi connectivity index (χ4v) is 2.32. The zero-order valence-electron chi connectivity index (χ0n) is 11.2. The summed E-state index contributed by atoms with van der Waals surface area (Å²) in [5, 5.41) is 12.0. The van der Waals surface area contributed by atoms with E-state index in [2.05, 4.69) is 19.2 Å². The molecule has 1 unspecified atom stereocenters. The van der Waals surface area contributed by atoms with Crippen molar-refractivity contribution in [2.75, 3.05) is 0 Å². The molecule has 1 amide bonds. The molecule has 1 rings (SSSR count). The Morgan fingerprint density at radius 2 is 2.00 bits per heavy atom. The molecule has 2 N–H and O–H groups in total. The predicted molar refractivity (Wildman–Crippen MR) is 65.6 cm³/mol. The molecular formula is C13H23NO3. The van der Waals surface area contributed by atoms with Crippen molar-refractivity contribution in [2.45, 2.75) is 59.4 Å². The van der Waals surface area contributed by atoms with E-state index in [4.69, 9.17) is 5.11 Å². The van der Waals surface area contributed by atoms with E-state index in [-0.39, 0.29) is 23.8 Å². The normalized spacial score (nSPS) is 23.4. The number of carbonyl (C=O) groups excluding carboxylic acids is 1. The highest BCUT2D eigenvalue weighted by molar-refractivity contribution is 5.84. The van der Waals surface area contributed by atoms with Gasteiger partial charge in [0.15, 0.2) is 0 Å². The molecule has 17 heavy (non-hydrogen) atoms. The maximum atomic E-state index is 11.8. The first-order valence-electron chi connectivity index (χ1n) is 6.18. The third-order valence-electron chi connectivity index (χ3n) is 3.77. The monoisotopic (exact) mass is 241 g/mol. The Bertz CT molecular complexity index is 321. The molecule has 0 aliphatic heterocycles. The maximum absolute atomic E-state index is 11.8. The molecule has 1 atom stereocenters. The van der Waals surface area contributed by atoms with Gasteiger partial charge in [0.25, 0.3) is 0 Å². The molecule has 0 radical (unpaired) electrons. The molecule has 4 nitrogen and oxygen atoms in total. The first-order chi connectivity index (χ1) is 7.65. The number of aliphatic carboxylic acids is 1. The van der Waals surface area contributed by atoms with Crippen molar-refractivity contribution in [2.24, 2.45) is 10.8 Å². The van der Waals surface area contributed by atoms with E-state index in [0.29, 0.717) is 0 Å². The summed E-state index contributed by atoms with van der Waals surface area (Å²) in [6, 6.07) is 0.180. The summed E-state index contributed by atoms with van der Waals surface area (Å²) in [6.07, 6.45) is 3.27. The van der Waals surface area contributed by atoms with Gasteiger partial charge in [-0.25, -0.2) is 0 Å². The minimum Gasteiger partial charge on any atom is -0.481 e. The molecule has 0 heterocycles. The van der Waals surface area contributed by atoms with Crippen molar-refractivity contribution in [1.29, 1.82) is 0 Å². The second-order valence-electron chi connectivity index (χ2n) is 6.37. The van der Waals surface area contributed by atoms with Crippen LogP contribution in [0.25, 0.3) is 0 Å². The third kappa shape index (κ3) is 3.45. The van der Waals surface area contributed by atoms with E-state index in [1.165, 1.54) is 0 Å². The predicted octanol–water partition coefficient (Wildman–Crippen LogP) is 2.18. The number of nitrogens with one attached hydrogen (secondary N) is 1. The van der Waals surface area contributed by atoms with Crippen LogP contribution in [-0.4, -0.2) is 23.0 Å². The van der Waals surface area contributed by atoms with Crippen LogP contribution in [0.2, 0.25) is 0 Å². The van der Waals surface area contributed by atoms with Crippen LogP contribution in [0.1, 0.15) is 53.4 Å². The zero-order chi connectivity index (χ0) is 13.3. The van der Waals surface area contributed by atoms with E-state index in [1.807, 2.05) is 0 Å². The maximum Gasteiger partial charge on any atom is 0.309 e. The van der Waals surface area contributed by atoms with Crippen LogP contribution in [0.15, 0.2) is 0 Å². The molecule has 4 heteroatoms. The van der Waals surface area contributed by atoms with Gasteiger partial charge in [0, 0.05) is 12.5 Å². The van der Waals surface area contributed by atoms with Crippen molar-refractivity contribution in [3.05, 3.63) is 0 Å². The molecule has 98 valence electrons. The van der Waals surface area contributed by atoms with E-state index < -0.39 is 11.4 Å². The summed E-state index contributed by atoms with van der Waals surface area (Å²) < 4.78 is 0. The van der Waals surface area contributed by atoms with Crippen LogP contribution in [-0.2, 0) is 9.59 Å². The number of hydrogen-bond acceptors (Lipinski definition) is 2. The van der Waals surface area contributed by atoms with Gasteiger partial charge in [0.05, 0.1) is 5.41 Å². The minimum absolute atomic E-state index is 0.0366. The average Bonchev–Trinajstić information content (AvgIpc) is 2.44. The van der Waals surface area contributed by atoms with Crippen molar-refractivity contribution in [3.63, 3.8) is 0 Å². The standard InChI is InChI=1S/C13H23NO3/c1-12(2)7-5-6-9(12)14-10(15)8-13(3,4)11(16)17/h9H,5-8H2,1-4H3,(H,14,15)(H,16,17). The molecule has 0 saturated heterocycles. The zero-order valence-corrected chi connectivity index (χ0v) is 11.2. The van der Waals surface area contributed by atoms with Crippen LogP contribution in [0.4, 0.5) is 0 Å². The Balaban J connectivity index is 2.53. The fraction of sp³-hybridized carbons (Fsp3) is 0.846. The lowest BCUT2D eigenvalue weighted by atomic mass is 9.86. The molecule has 1 fully saturated rings. The molecule has 0 aromatic heterocycles. The van der Waals surface area contributed by atoms with E-state index in [1.54, 1.807) is 13.8 Å². The average molecular weight is 241 g/mol. The van der Waals surface area contributed by atoms with Crippen molar-refractivity contribution in [3.8, 4) is 0 Å². The number of carboxylic acids is 1. The summed E-state index contributed by atoms with van der Waals surface area (Å²) in [4.78, 5) is 22.8. The van der Waals surface area contributed by atoms with Gasteiger partial charge in [-0.05, 0) is 32.1 Å². The number of carboxylic acid groups (broad SMARTS) is 1. The van der Waals surface area contributed by atoms with Crippen molar-refractivity contribution >= 4 is 11.9 Å². The Morgan fingerprint density at radius 3 is 2.41 bits per heavy atom. The SMILES string of the molecule is CC(C)(CC(=O)NC1CCCC1(C)C)C(=O)O. The third-order valence-corrected chi connectivity index (χ3v) is 3.77. The lowest BCUT2D eigenvalue weighted by Gasteiger charge is -2.29. The lowest BCUT2D eigenvalue weighted by Crippen LogP contribution is -2.43. The highest BCUT2D eigenvalue weighted by Gasteiger charge is 2.37. The van der Waals surface area contributed by atoms with Crippen LogP contribution in [0.3, 0.4) is 0 Å². The quantitative estimate of drug-likeness (QED) is 0.792. The van der Waals surface area contributed by atoms with Crippen molar-refractivity contribution < 1.29 is 14.7 Å². The molecule has 0 aromatic rings. The Hall–Kier alpha value is -1.06. The van der Waals surface area contributed by atoms with E-state index in [9.17, 15) is 9.59 Å². The number of carbonyl (C=O) groups is 2. The highest BCUT2D eigenvalue weighted by atomic mass is 16.4. The Morgan fingerprint density at radius 1 is 1.41 bits per heavy atom. The smallest absolute Gasteiger partial charge is 0.309 e. The van der Waals surface area contributed by atoms with Gasteiger partial charge in [-0.15, -0.1) is 0 Å². The molecule has 1 aliphatic rings. The summed E-state index contributed by atoms with van der Waals surface area (Å²) >= 11 is 0. The van der Waals surface area contributed by atoms with Crippen molar-refractivity contribution in [1.82, 2.24) is 5.32 Å². The van der Waals surface area contributed by atoms with E-state index in [0.717, 1.165) is 19.3 Å². The molecule has 0 aromatic carbocycles. The molecule has 0 bridgehead atoms. The first kappa shape index (κ1) is 14.0. The largest absolute Gasteiger partial charge is 0.481 e. The van der Waals surface area contributed by atoms with Gasteiger partial charge >= 0.3 is 5.97 Å². The first-order valence-corrected chi connectivity index (χ1v) is 6.18. The summed E-state index contributed by atoms with van der Waals surface area (Å²) in [6.45, 7) is 7.45. The minimum atomic E-state index is -0.993. The Labute approximate surface area is 103 Å². The molecule has 1 aliphatic carbocycles. The lowest BCUT2D eigenvalue weighted by molar-refractivity contribution is -0.149. The van der Waals surface area contributed by atoms with Gasteiger partial charge in [-0.3, -0.25) is 9.59 Å². The molecule has 0 spiro atoms. The number of hydrogen-bond donors (Lipinski definition) is 2. The van der Waals surface area contributed by atoms with Gasteiger partial charge in [0.1, 0.15) is 0 Å². The van der Waals surface area contributed by atoms with Crippen LogP contribution < -0.4 is 5.32 Å². The summed E-state index contributed by atoms with van der Waals surface area (Å²) in [5.74, 6) is -1.09. The second kappa shape index (κ2) is 4.67. The fourth-order valence-electron chi connectivity index (χ4n) is 2.32. The number of rotatable bonds is 4.